The van der Waals surface area contributed by atoms with Crippen LogP contribution in [0.25, 0.3) is 10.9 Å². The minimum Gasteiger partial charge on any atom is -0.490 e. The number of rotatable bonds is 8. The van der Waals surface area contributed by atoms with E-state index in [-0.39, 0.29) is 23.4 Å². The molecule has 1 aromatic heterocycles. The summed E-state index contributed by atoms with van der Waals surface area (Å²) in [5.74, 6) is 0.299. The predicted octanol–water partition coefficient (Wildman–Crippen LogP) is 3.41. The Kier molecular flexibility index (Phi) is 6.18. The van der Waals surface area contributed by atoms with Crippen LogP contribution in [0.15, 0.2) is 48.7 Å². The molecule has 1 fully saturated rings. The van der Waals surface area contributed by atoms with Gasteiger partial charge in [-0.3, -0.25) is 19.8 Å². The molecule has 1 aliphatic rings. The lowest BCUT2D eigenvalue weighted by atomic mass is 10.1. The van der Waals surface area contributed by atoms with Crippen molar-refractivity contribution in [2.45, 2.75) is 31.8 Å². The monoisotopic (exact) mass is 422 g/mol. The molecular formula is C23H26N4O4. The van der Waals surface area contributed by atoms with Crippen LogP contribution >= 0.6 is 0 Å². The average Bonchev–Trinajstić information content (AvgIpc) is 3.38. The van der Waals surface area contributed by atoms with E-state index >= 15 is 0 Å². The van der Waals surface area contributed by atoms with Crippen LogP contribution in [0.5, 0.6) is 5.75 Å². The maximum absolute atomic E-state index is 12.5. The van der Waals surface area contributed by atoms with Crippen LogP contribution in [0.2, 0.25) is 0 Å². The Morgan fingerprint density at radius 3 is 2.90 bits per heavy atom. The number of nitro benzene ring substituents is 1. The number of para-hydroxylation sites is 2. The Morgan fingerprint density at radius 2 is 2.10 bits per heavy atom. The molecule has 3 aromatic rings. The number of H-pyrrole nitrogens is 1. The van der Waals surface area contributed by atoms with Gasteiger partial charge < -0.3 is 15.0 Å². The number of nitrogens with zero attached hydrogens (tertiary/aromatic N) is 2. The van der Waals surface area contributed by atoms with Gasteiger partial charge in [-0.15, -0.1) is 0 Å². The first-order valence-corrected chi connectivity index (χ1v) is 10.4. The molecule has 1 amide bonds. The zero-order chi connectivity index (χ0) is 21.8. The van der Waals surface area contributed by atoms with Crippen molar-refractivity contribution in [3.05, 3.63) is 69.9 Å². The predicted molar refractivity (Wildman–Crippen MR) is 118 cm³/mol. The summed E-state index contributed by atoms with van der Waals surface area (Å²) in [5, 5.41) is 15.8. The number of hydrogen-bond acceptors (Lipinski definition) is 5. The molecule has 8 heteroatoms. The number of hydrogen-bond donors (Lipinski definition) is 2. The van der Waals surface area contributed by atoms with Crippen LogP contribution in [0, 0.1) is 10.1 Å². The molecule has 0 radical (unpaired) electrons. The molecule has 1 atom stereocenters. The molecule has 8 nitrogen and oxygen atoms in total. The lowest BCUT2D eigenvalue weighted by Gasteiger charge is -2.17. The Morgan fingerprint density at radius 1 is 1.26 bits per heavy atom. The maximum atomic E-state index is 12.5. The summed E-state index contributed by atoms with van der Waals surface area (Å²) in [5.41, 5.74) is 2.85. The van der Waals surface area contributed by atoms with Gasteiger partial charge in [0.15, 0.2) is 5.75 Å². The van der Waals surface area contributed by atoms with E-state index in [9.17, 15) is 14.9 Å². The van der Waals surface area contributed by atoms with E-state index in [0.717, 1.165) is 29.4 Å². The van der Waals surface area contributed by atoms with E-state index in [0.29, 0.717) is 31.5 Å². The molecule has 162 valence electrons. The molecule has 1 aliphatic heterocycles. The van der Waals surface area contributed by atoms with Gasteiger partial charge in [0, 0.05) is 54.8 Å². The summed E-state index contributed by atoms with van der Waals surface area (Å²) in [7, 11) is 1.43. The highest BCUT2D eigenvalue weighted by atomic mass is 16.6. The second-order valence-electron chi connectivity index (χ2n) is 7.87. The molecular weight excluding hydrogens is 396 g/mol. The van der Waals surface area contributed by atoms with Crippen molar-refractivity contribution in [2.75, 3.05) is 20.2 Å². The van der Waals surface area contributed by atoms with E-state index in [1.807, 2.05) is 24.4 Å². The minimum atomic E-state index is -0.395. The molecule has 0 aliphatic carbocycles. The fraction of sp³-hybridized carbons (Fsp3) is 0.348. The molecule has 0 spiro atoms. The topological polar surface area (TPSA) is 100 Å². The number of amides is 1. The summed E-state index contributed by atoms with van der Waals surface area (Å²) < 4.78 is 5.15. The van der Waals surface area contributed by atoms with Crippen molar-refractivity contribution in [3.63, 3.8) is 0 Å². The number of fused-ring (bicyclic) bond motifs is 1. The number of aromatic nitrogens is 1. The van der Waals surface area contributed by atoms with Crippen molar-refractivity contribution in [1.82, 2.24) is 15.2 Å². The first-order chi connectivity index (χ1) is 15.0. The number of carbonyl (C=O) groups is 1. The van der Waals surface area contributed by atoms with Gasteiger partial charge >= 0.3 is 5.69 Å². The fourth-order valence-corrected chi connectivity index (χ4v) is 4.29. The first-order valence-electron chi connectivity index (χ1n) is 10.4. The Balaban J connectivity index is 1.30. The Labute approximate surface area is 180 Å². The van der Waals surface area contributed by atoms with Gasteiger partial charge in [-0.05, 0) is 30.5 Å². The van der Waals surface area contributed by atoms with Crippen molar-refractivity contribution >= 4 is 22.5 Å². The van der Waals surface area contributed by atoms with Gasteiger partial charge in [0.1, 0.15) is 0 Å². The fourth-order valence-electron chi connectivity index (χ4n) is 4.29. The van der Waals surface area contributed by atoms with E-state index < -0.39 is 4.92 Å². The number of aromatic amines is 1. The first kappa shape index (κ1) is 20.9. The standard InChI is InChI=1S/C23H26N4O4/c1-31-21-8-4-5-17(23(21)27(29)30)14-26-12-11-18(15-26)25-22(28)10-9-16-13-24-20-7-3-2-6-19(16)20/h2-8,13,18,24H,9-12,14-15H2,1H3,(H,25,28). The lowest BCUT2D eigenvalue weighted by molar-refractivity contribution is -0.386. The van der Waals surface area contributed by atoms with Crippen LogP contribution in [0.3, 0.4) is 0 Å². The molecule has 0 saturated carbocycles. The van der Waals surface area contributed by atoms with E-state index in [4.69, 9.17) is 4.74 Å². The number of carbonyl (C=O) groups excluding carboxylic acids is 1. The number of likely N-dealkylation sites (tertiary alicyclic amines) is 1. The van der Waals surface area contributed by atoms with Crippen LogP contribution in [-0.2, 0) is 17.8 Å². The summed E-state index contributed by atoms with van der Waals surface area (Å²) >= 11 is 0. The lowest BCUT2D eigenvalue weighted by Crippen LogP contribution is -2.37. The van der Waals surface area contributed by atoms with E-state index in [2.05, 4.69) is 21.3 Å². The van der Waals surface area contributed by atoms with Gasteiger partial charge in [-0.25, -0.2) is 0 Å². The summed E-state index contributed by atoms with van der Waals surface area (Å²) in [6, 6.07) is 13.3. The van der Waals surface area contributed by atoms with Crippen molar-refractivity contribution in [2.24, 2.45) is 0 Å². The second kappa shape index (κ2) is 9.18. The molecule has 2 aromatic carbocycles. The van der Waals surface area contributed by atoms with Gasteiger partial charge in [0.05, 0.1) is 12.0 Å². The third-order valence-electron chi connectivity index (χ3n) is 5.81. The summed E-state index contributed by atoms with van der Waals surface area (Å²) in [4.78, 5) is 28.9. The van der Waals surface area contributed by atoms with E-state index in [1.54, 1.807) is 18.2 Å². The van der Waals surface area contributed by atoms with Crippen molar-refractivity contribution < 1.29 is 14.5 Å². The van der Waals surface area contributed by atoms with Crippen LogP contribution in [-0.4, -0.2) is 47.0 Å². The Hall–Kier alpha value is -3.39. The number of nitro groups is 1. The zero-order valence-electron chi connectivity index (χ0n) is 17.5. The molecule has 4 rings (SSSR count). The number of ether oxygens (including phenoxy) is 1. The number of nitrogens with one attached hydrogen (secondary N) is 2. The van der Waals surface area contributed by atoms with Gasteiger partial charge in [-0.1, -0.05) is 30.3 Å². The molecule has 2 N–H and O–H groups in total. The van der Waals surface area contributed by atoms with Gasteiger partial charge in [0.25, 0.3) is 0 Å². The summed E-state index contributed by atoms with van der Waals surface area (Å²) in [6.45, 7) is 1.91. The van der Waals surface area contributed by atoms with E-state index in [1.165, 1.54) is 7.11 Å². The largest absolute Gasteiger partial charge is 0.490 e. The maximum Gasteiger partial charge on any atom is 0.315 e. The zero-order valence-corrected chi connectivity index (χ0v) is 17.5. The van der Waals surface area contributed by atoms with Crippen LogP contribution in [0.4, 0.5) is 5.69 Å². The third kappa shape index (κ3) is 4.69. The second-order valence-corrected chi connectivity index (χ2v) is 7.87. The number of methoxy groups -OCH3 is 1. The molecule has 31 heavy (non-hydrogen) atoms. The summed E-state index contributed by atoms with van der Waals surface area (Å²) in [6.07, 6.45) is 3.91. The smallest absolute Gasteiger partial charge is 0.315 e. The quantitative estimate of drug-likeness (QED) is 0.428. The van der Waals surface area contributed by atoms with Crippen molar-refractivity contribution in [3.8, 4) is 5.75 Å². The van der Waals surface area contributed by atoms with Crippen molar-refractivity contribution in [1.29, 1.82) is 0 Å². The normalized spacial score (nSPS) is 16.5. The third-order valence-corrected chi connectivity index (χ3v) is 5.81. The molecule has 0 bridgehead atoms. The van der Waals surface area contributed by atoms with Gasteiger partial charge in [0.2, 0.25) is 5.91 Å². The van der Waals surface area contributed by atoms with Gasteiger partial charge in [-0.2, -0.15) is 0 Å². The molecule has 1 unspecified atom stereocenters. The SMILES string of the molecule is COc1cccc(CN2CCC(NC(=O)CCc3c[nH]c4ccccc34)C2)c1[N+](=O)[O-]. The number of benzene rings is 2. The highest BCUT2D eigenvalue weighted by molar-refractivity contribution is 5.84. The molecule has 2 heterocycles. The Bertz CT molecular complexity index is 1090. The minimum absolute atomic E-state index is 0.0104. The average molecular weight is 422 g/mol. The highest BCUT2D eigenvalue weighted by Crippen LogP contribution is 2.32. The van der Waals surface area contributed by atoms with Crippen LogP contribution in [0.1, 0.15) is 24.0 Å². The van der Waals surface area contributed by atoms with Crippen LogP contribution < -0.4 is 10.1 Å². The molecule has 1 saturated heterocycles. The number of aryl methyl sites for hydroxylation is 1. The highest BCUT2D eigenvalue weighted by Gasteiger charge is 2.27.